The van der Waals surface area contributed by atoms with Gasteiger partial charge in [0.2, 0.25) is 0 Å². The molecule has 0 saturated carbocycles. The molecule has 2 aromatic rings. The number of halogens is 1. The van der Waals surface area contributed by atoms with E-state index in [9.17, 15) is 14.0 Å². The van der Waals surface area contributed by atoms with Crippen LogP contribution in [0.3, 0.4) is 0 Å². The van der Waals surface area contributed by atoms with Gasteiger partial charge in [-0.2, -0.15) is 0 Å². The Morgan fingerprint density at radius 3 is 2.04 bits per heavy atom. The summed E-state index contributed by atoms with van der Waals surface area (Å²) in [5.74, 6) is -1.49. The van der Waals surface area contributed by atoms with Crippen molar-refractivity contribution in [2.75, 3.05) is 13.2 Å². The molecule has 0 aliphatic heterocycles. The first-order valence-corrected chi connectivity index (χ1v) is 9.30. The van der Waals surface area contributed by atoms with Gasteiger partial charge in [-0.05, 0) is 30.2 Å². The minimum atomic E-state index is -0.620. The predicted molar refractivity (Wildman–Crippen MR) is 101 cm³/mol. The van der Waals surface area contributed by atoms with Gasteiger partial charge in [-0.15, -0.1) is 0 Å². The maximum atomic E-state index is 13.6. The van der Waals surface area contributed by atoms with Crippen molar-refractivity contribution >= 4 is 11.9 Å². The van der Waals surface area contributed by atoms with Gasteiger partial charge in [0.05, 0.1) is 24.3 Å². The highest BCUT2D eigenvalue weighted by molar-refractivity contribution is 6.03. The fourth-order valence-corrected chi connectivity index (χ4v) is 2.64. The van der Waals surface area contributed by atoms with E-state index >= 15 is 0 Å². The highest BCUT2D eigenvalue weighted by Crippen LogP contribution is 2.14. The summed E-state index contributed by atoms with van der Waals surface area (Å²) in [5.41, 5.74) is 0.818. The van der Waals surface area contributed by atoms with Crippen molar-refractivity contribution in [1.29, 1.82) is 0 Å². The molecule has 27 heavy (non-hydrogen) atoms. The van der Waals surface area contributed by atoms with Gasteiger partial charge in [0, 0.05) is 6.42 Å². The molecule has 0 N–H and O–H groups in total. The van der Waals surface area contributed by atoms with Gasteiger partial charge < -0.3 is 9.47 Å². The summed E-state index contributed by atoms with van der Waals surface area (Å²) in [5, 5.41) is 0. The molecule has 4 nitrogen and oxygen atoms in total. The van der Waals surface area contributed by atoms with Crippen molar-refractivity contribution in [3.05, 3.63) is 71.0 Å². The van der Waals surface area contributed by atoms with Crippen LogP contribution in [0.4, 0.5) is 4.39 Å². The second kappa shape index (κ2) is 11.1. The van der Waals surface area contributed by atoms with E-state index < -0.39 is 11.9 Å². The van der Waals surface area contributed by atoms with Crippen molar-refractivity contribution < 1.29 is 23.5 Å². The zero-order valence-corrected chi connectivity index (χ0v) is 15.6. The first-order chi connectivity index (χ1) is 13.1. The summed E-state index contributed by atoms with van der Waals surface area (Å²) in [4.78, 5) is 24.6. The lowest BCUT2D eigenvalue weighted by atomic mass is 10.1. The zero-order valence-electron chi connectivity index (χ0n) is 15.6. The number of ether oxygens (including phenoxy) is 2. The van der Waals surface area contributed by atoms with Crippen LogP contribution in [0.1, 0.15) is 58.9 Å². The molecule has 0 aromatic heterocycles. The highest BCUT2D eigenvalue weighted by Gasteiger charge is 2.19. The van der Waals surface area contributed by atoms with Crippen LogP contribution in [0.25, 0.3) is 0 Å². The molecule has 0 spiro atoms. The van der Waals surface area contributed by atoms with Crippen molar-refractivity contribution in [2.45, 2.75) is 39.0 Å². The van der Waals surface area contributed by atoms with E-state index in [1.807, 2.05) is 0 Å². The fraction of sp³-hybridized carbons (Fsp3) is 0.364. The Morgan fingerprint density at radius 2 is 1.41 bits per heavy atom. The number of unbranched alkanes of at least 4 members (excludes halogenated alkanes) is 3. The average Bonchev–Trinajstić information content (AvgIpc) is 2.69. The van der Waals surface area contributed by atoms with Crippen molar-refractivity contribution in [2.24, 2.45) is 0 Å². The molecular weight excluding hydrogens is 347 g/mol. The molecule has 0 saturated heterocycles. The minimum Gasteiger partial charge on any atom is -0.462 e. The molecular formula is C22H25FO4. The molecule has 0 atom stereocenters. The second-order valence-corrected chi connectivity index (χ2v) is 6.22. The Bertz CT molecular complexity index is 757. The maximum Gasteiger partial charge on any atom is 0.339 e. The third-order valence-electron chi connectivity index (χ3n) is 4.16. The van der Waals surface area contributed by atoms with E-state index in [-0.39, 0.29) is 30.0 Å². The molecule has 2 aromatic carbocycles. The van der Waals surface area contributed by atoms with E-state index in [0.717, 1.165) is 25.7 Å². The Morgan fingerprint density at radius 1 is 0.815 bits per heavy atom. The summed E-state index contributed by atoms with van der Waals surface area (Å²) in [7, 11) is 0. The van der Waals surface area contributed by atoms with Crippen LogP contribution in [0, 0.1) is 5.82 Å². The number of rotatable bonds is 10. The number of carbonyl (C=O) groups excluding carboxylic acids is 2. The van der Waals surface area contributed by atoms with E-state index in [4.69, 9.17) is 9.47 Å². The molecule has 0 fully saturated rings. The van der Waals surface area contributed by atoms with Crippen molar-refractivity contribution in [1.82, 2.24) is 0 Å². The SMILES string of the molecule is CCCCCCOC(=O)c1ccccc1C(=O)OCCc1ccccc1F. The summed E-state index contributed by atoms with van der Waals surface area (Å²) in [6, 6.07) is 12.7. The summed E-state index contributed by atoms with van der Waals surface area (Å²) >= 11 is 0. The normalized spacial score (nSPS) is 10.4. The van der Waals surface area contributed by atoms with Crippen LogP contribution in [0.5, 0.6) is 0 Å². The smallest absolute Gasteiger partial charge is 0.339 e. The van der Waals surface area contributed by atoms with Gasteiger partial charge >= 0.3 is 11.9 Å². The topological polar surface area (TPSA) is 52.6 Å². The van der Waals surface area contributed by atoms with E-state index in [1.54, 1.807) is 36.4 Å². The second-order valence-electron chi connectivity index (χ2n) is 6.22. The number of benzene rings is 2. The maximum absolute atomic E-state index is 13.6. The lowest BCUT2D eigenvalue weighted by molar-refractivity contribution is 0.0455. The number of hydrogen-bond donors (Lipinski definition) is 0. The summed E-state index contributed by atoms with van der Waals surface area (Å²) in [6.07, 6.45) is 4.28. The minimum absolute atomic E-state index is 0.0279. The van der Waals surface area contributed by atoms with Gasteiger partial charge in [0.1, 0.15) is 5.82 Å². The van der Waals surface area contributed by atoms with Gasteiger partial charge in [-0.3, -0.25) is 0 Å². The Kier molecular flexibility index (Phi) is 8.49. The standard InChI is InChI=1S/C22H25FO4/c1-2-3-4-9-15-26-21(24)18-11-6-7-12-19(18)22(25)27-16-14-17-10-5-8-13-20(17)23/h5-8,10-13H,2-4,9,14-16H2,1H3. The first-order valence-electron chi connectivity index (χ1n) is 9.30. The number of esters is 2. The van der Waals surface area contributed by atoms with E-state index in [1.165, 1.54) is 12.1 Å². The lowest BCUT2D eigenvalue weighted by Gasteiger charge is -2.10. The molecule has 0 heterocycles. The van der Waals surface area contributed by atoms with Crippen molar-refractivity contribution in [3.63, 3.8) is 0 Å². The quantitative estimate of drug-likeness (QED) is 0.437. The largest absolute Gasteiger partial charge is 0.462 e. The summed E-state index contributed by atoms with van der Waals surface area (Å²) < 4.78 is 24.1. The third-order valence-corrected chi connectivity index (χ3v) is 4.16. The Labute approximate surface area is 159 Å². The predicted octanol–water partition coefficient (Wildman–Crippen LogP) is 4.96. The number of hydrogen-bond acceptors (Lipinski definition) is 4. The van der Waals surface area contributed by atoms with Crippen LogP contribution in [0.2, 0.25) is 0 Å². The third kappa shape index (κ3) is 6.51. The van der Waals surface area contributed by atoms with Gasteiger partial charge in [-0.1, -0.05) is 56.5 Å². The van der Waals surface area contributed by atoms with Gasteiger partial charge in [-0.25, -0.2) is 14.0 Å². The summed E-state index contributed by atoms with van der Waals surface area (Å²) in [6.45, 7) is 2.47. The molecule has 0 unspecified atom stereocenters. The zero-order chi connectivity index (χ0) is 19.5. The van der Waals surface area contributed by atoms with E-state index in [0.29, 0.717) is 12.2 Å². The van der Waals surface area contributed by atoms with Gasteiger partial charge in [0.15, 0.2) is 0 Å². The molecule has 0 amide bonds. The molecule has 0 aliphatic carbocycles. The molecule has 0 bridgehead atoms. The number of carbonyl (C=O) groups is 2. The van der Waals surface area contributed by atoms with Crippen LogP contribution in [-0.4, -0.2) is 25.2 Å². The fourth-order valence-electron chi connectivity index (χ4n) is 2.64. The van der Waals surface area contributed by atoms with Crippen molar-refractivity contribution in [3.8, 4) is 0 Å². The first kappa shape index (κ1) is 20.6. The van der Waals surface area contributed by atoms with E-state index in [2.05, 4.69) is 6.92 Å². The van der Waals surface area contributed by atoms with Crippen LogP contribution >= 0.6 is 0 Å². The van der Waals surface area contributed by atoms with Crippen LogP contribution in [0.15, 0.2) is 48.5 Å². The highest BCUT2D eigenvalue weighted by atomic mass is 19.1. The average molecular weight is 372 g/mol. The molecule has 5 heteroatoms. The molecule has 0 radical (unpaired) electrons. The Hall–Kier alpha value is -2.69. The van der Waals surface area contributed by atoms with Gasteiger partial charge in [0.25, 0.3) is 0 Å². The van der Waals surface area contributed by atoms with Crippen LogP contribution in [-0.2, 0) is 15.9 Å². The molecule has 144 valence electrons. The molecule has 2 rings (SSSR count). The molecule has 0 aliphatic rings. The monoisotopic (exact) mass is 372 g/mol. The Balaban J connectivity index is 1.90. The lowest BCUT2D eigenvalue weighted by Crippen LogP contribution is -2.15. The van der Waals surface area contributed by atoms with Crippen LogP contribution < -0.4 is 0 Å².